The lowest BCUT2D eigenvalue weighted by Gasteiger charge is -2.25. The molecule has 1 aliphatic heterocycles. The van der Waals surface area contributed by atoms with Gasteiger partial charge in [-0.1, -0.05) is 43.7 Å². The summed E-state index contributed by atoms with van der Waals surface area (Å²) in [5, 5.41) is 0. The fraction of sp³-hybridized carbons (Fsp3) is 0.333. The molecule has 2 heterocycles. The van der Waals surface area contributed by atoms with Crippen LogP contribution in [0.5, 0.6) is 0 Å². The number of ether oxygens (including phenoxy) is 1. The van der Waals surface area contributed by atoms with Gasteiger partial charge in [0.15, 0.2) is 0 Å². The molecule has 1 amide bonds. The minimum Gasteiger partial charge on any atom is -0.378 e. The molecule has 25 heavy (non-hydrogen) atoms. The Morgan fingerprint density at radius 1 is 1.16 bits per heavy atom. The van der Waals surface area contributed by atoms with Gasteiger partial charge >= 0.3 is 0 Å². The van der Waals surface area contributed by atoms with Crippen molar-refractivity contribution in [2.24, 2.45) is 0 Å². The van der Waals surface area contributed by atoms with Crippen LogP contribution in [0.1, 0.15) is 24.5 Å². The molecule has 0 atom stereocenters. The summed E-state index contributed by atoms with van der Waals surface area (Å²) in [5.74, 6) is 0.0422. The predicted octanol–water partition coefficient (Wildman–Crippen LogP) is 3.57. The van der Waals surface area contributed by atoms with E-state index in [2.05, 4.69) is 24.0 Å². The van der Waals surface area contributed by atoms with Crippen molar-refractivity contribution >= 4 is 12.0 Å². The monoisotopic (exact) mass is 336 g/mol. The fourth-order valence-electron chi connectivity index (χ4n) is 2.85. The van der Waals surface area contributed by atoms with Gasteiger partial charge in [-0.2, -0.15) is 0 Å². The minimum absolute atomic E-state index is 0.0422. The number of aryl methyl sites for hydroxylation is 1. The normalized spacial score (nSPS) is 14.8. The number of pyridine rings is 1. The highest BCUT2D eigenvalue weighted by molar-refractivity contribution is 5.91. The van der Waals surface area contributed by atoms with Crippen LogP contribution in [0.3, 0.4) is 0 Å². The molecule has 4 nitrogen and oxygen atoms in total. The van der Waals surface area contributed by atoms with Crippen LogP contribution >= 0.6 is 0 Å². The Morgan fingerprint density at radius 3 is 2.56 bits per heavy atom. The average molecular weight is 336 g/mol. The van der Waals surface area contributed by atoms with Crippen LogP contribution in [0.15, 0.2) is 48.7 Å². The number of hydrogen-bond acceptors (Lipinski definition) is 3. The fourth-order valence-corrected chi connectivity index (χ4v) is 2.85. The Morgan fingerprint density at radius 2 is 1.92 bits per heavy atom. The van der Waals surface area contributed by atoms with Gasteiger partial charge in [-0.15, -0.1) is 0 Å². The van der Waals surface area contributed by atoms with Crippen molar-refractivity contribution in [2.75, 3.05) is 26.3 Å². The second-order valence-electron chi connectivity index (χ2n) is 6.19. The zero-order chi connectivity index (χ0) is 17.5. The van der Waals surface area contributed by atoms with Crippen molar-refractivity contribution in [3.63, 3.8) is 0 Å². The van der Waals surface area contributed by atoms with Gasteiger partial charge in [0, 0.05) is 30.9 Å². The number of rotatable bonds is 5. The van der Waals surface area contributed by atoms with E-state index in [1.165, 1.54) is 5.56 Å². The van der Waals surface area contributed by atoms with Crippen LogP contribution in [-0.2, 0) is 16.0 Å². The van der Waals surface area contributed by atoms with Gasteiger partial charge in [0.25, 0.3) is 0 Å². The van der Waals surface area contributed by atoms with Crippen LogP contribution < -0.4 is 0 Å². The Balaban J connectivity index is 1.63. The number of nitrogens with zero attached hydrogens (tertiary/aromatic N) is 2. The molecule has 4 heteroatoms. The third-order valence-corrected chi connectivity index (χ3v) is 4.31. The highest BCUT2D eigenvalue weighted by Crippen LogP contribution is 2.19. The van der Waals surface area contributed by atoms with Gasteiger partial charge in [-0.05, 0) is 29.7 Å². The highest BCUT2D eigenvalue weighted by Gasteiger charge is 2.13. The molecule has 1 aromatic heterocycles. The number of morpholine rings is 1. The lowest BCUT2D eigenvalue weighted by Crippen LogP contribution is -2.39. The van der Waals surface area contributed by atoms with E-state index in [0.29, 0.717) is 26.3 Å². The molecule has 2 aromatic rings. The number of benzene rings is 1. The van der Waals surface area contributed by atoms with Gasteiger partial charge in [0.2, 0.25) is 5.91 Å². The minimum atomic E-state index is 0.0422. The van der Waals surface area contributed by atoms with Crippen molar-refractivity contribution in [3.8, 4) is 11.3 Å². The molecule has 3 rings (SSSR count). The van der Waals surface area contributed by atoms with Crippen molar-refractivity contribution in [2.45, 2.75) is 19.8 Å². The summed E-state index contributed by atoms with van der Waals surface area (Å²) in [6, 6.07) is 12.3. The topological polar surface area (TPSA) is 42.4 Å². The lowest BCUT2D eigenvalue weighted by atomic mass is 10.1. The first-order chi connectivity index (χ1) is 12.3. The number of hydrogen-bond donors (Lipinski definition) is 0. The first kappa shape index (κ1) is 17.4. The summed E-state index contributed by atoms with van der Waals surface area (Å²) in [4.78, 5) is 18.5. The number of amides is 1. The number of carbonyl (C=O) groups excluding carboxylic acids is 1. The largest absolute Gasteiger partial charge is 0.378 e. The van der Waals surface area contributed by atoms with Crippen LogP contribution in [0.2, 0.25) is 0 Å². The van der Waals surface area contributed by atoms with Crippen LogP contribution in [0, 0.1) is 0 Å². The summed E-state index contributed by atoms with van der Waals surface area (Å²) < 4.78 is 5.26. The van der Waals surface area contributed by atoms with E-state index in [1.807, 2.05) is 41.4 Å². The molecule has 0 aliphatic carbocycles. The molecule has 0 spiro atoms. The molecule has 1 fully saturated rings. The van der Waals surface area contributed by atoms with Gasteiger partial charge < -0.3 is 9.64 Å². The quantitative estimate of drug-likeness (QED) is 0.784. The second-order valence-corrected chi connectivity index (χ2v) is 6.19. The Labute approximate surface area is 149 Å². The van der Waals surface area contributed by atoms with Crippen molar-refractivity contribution in [3.05, 3.63) is 59.8 Å². The van der Waals surface area contributed by atoms with E-state index >= 15 is 0 Å². The molecule has 0 unspecified atom stereocenters. The zero-order valence-electron chi connectivity index (χ0n) is 14.6. The number of carbonyl (C=O) groups is 1. The molecule has 0 N–H and O–H groups in total. The summed E-state index contributed by atoms with van der Waals surface area (Å²) in [6.07, 6.45) is 7.64. The Hall–Kier alpha value is -2.46. The SMILES string of the molecule is CCCc1ccc(-c2ccc(C=CC(=O)N3CCOCC3)cc2)nc1. The van der Waals surface area contributed by atoms with Crippen LogP contribution in [0.4, 0.5) is 0 Å². The summed E-state index contributed by atoms with van der Waals surface area (Å²) in [5.41, 5.74) is 4.33. The summed E-state index contributed by atoms with van der Waals surface area (Å²) in [6.45, 7) is 4.75. The summed E-state index contributed by atoms with van der Waals surface area (Å²) in [7, 11) is 0. The molecule has 0 saturated carbocycles. The third-order valence-electron chi connectivity index (χ3n) is 4.31. The molecule has 1 saturated heterocycles. The molecule has 130 valence electrons. The smallest absolute Gasteiger partial charge is 0.246 e. The van der Waals surface area contributed by atoms with Gasteiger partial charge in [0.1, 0.15) is 0 Å². The van der Waals surface area contributed by atoms with E-state index < -0.39 is 0 Å². The number of aromatic nitrogens is 1. The lowest BCUT2D eigenvalue weighted by molar-refractivity contribution is -0.129. The average Bonchev–Trinajstić information content (AvgIpc) is 2.68. The Kier molecular flexibility index (Phi) is 5.96. The van der Waals surface area contributed by atoms with Crippen molar-refractivity contribution in [1.82, 2.24) is 9.88 Å². The maximum atomic E-state index is 12.1. The van der Waals surface area contributed by atoms with Crippen LogP contribution in [0.25, 0.3) is 17.3 Å². The molecule has 1 aromatic carbocycles. The maximum absolute atomic E-state index is 12.1. The third kappa shape index (κ3) is 4.77. The van der Waals surface area contributed by atoms with E-state index in [-0.39, 0.29) is 5.91 Å². The van der Waals surface area contributed by atoms with Crippen LogP contribution in [-0.4, -0.2) is 42.1 Å². The summed E-state index contributed by atoms with van der Waals surface area (Å²) >= 11 is 0. The van der Waals surface area contributed by atoms with E-state index in [4.69, 9.17) is 4.74 Å². The first-order valence-electron chi connectivity index (χ1n) is 8.86. The van der Waals surface area contributed by atoms with Gasteiger partial charge in [-0.3, -0.25) is 9.78 Å². The highest BCUT2D eigenvalue weighted by atomic mass is 16.5. The van der Waals surface area contributed by atoms with E-state index in [0.717, 1.165) is 29.7 Å². The van der Waals surface area contributed by atoms with E-state index in [9.17, 15) is 4.79 Å². The van der Waals surface area contributed by atoms with E-state index in [1.54, 1.807) is 6.08 Å². The molecule has 0 radical (unpaired) electrons. The Bertz CT molecular complexity index is 715. The van der Waals surface area contributed by atoms with Gasteiger partial charge in [0.05, 0.1) is 18.9 Å². The van der Waals surface area contributed by atoms with Crippen molar-refractivity contribution in [1.29, 1.82) is 0 Å². The van der Waals surface area contributed by atoms with Crippen molar-refractivity contribution < 1.29 is 9.53 Å². The predicted molar refractivity (Wildman–Crippen MR) is 100 cm³/mol. The zero-order valence-corrected chi connectivity index (χ0v) is 14.6. The molecular formula is C21H24N2O2. The molecule has 1 aliphatic rings. The van der Waals surface area contributed by atoms with Gasteiger partial charge in [-0.25, -0.2) is 0 Å². The maximum Gasteiger partial charge on any atom is 0.246 e. The standard InChI is InChI=1S/C21H24N2O2/c1-2-3-18-6-10-20(22-16-18)19-8-4-17(5-9-19)7-11-21(24)23-12-14-25-15-13-23/h4-11,16H,2-3,12-15H2,1H3. The second kappa shape index (κ2) is 8.58. The first-order valence-corrected chi connectivity index (χ1v) is 8.86. The molecular weight excluding hydrogens is 312 g/mol. The molecule has 0 bridgehead atoms.